The van der Waals surface area contributed by atoms with E-state index < -0.39 is 0 Å². The molecule has 0 aromatic carbocycles. The van der Waals surface area contributed by atoms with Gasteiger partial charge in [-0.2, -0.15) is 0 Å². The molecule has 0 unspecified atom stereocenters. The van der Waals surface area contributed by atoms with Crippen LogP contribution < -0.4 is 0 Å². The monoisotopic (exact) mass is 182 g/mol. The van der Waals surface area contributed by atoms with E-state index in [0.717, 1.165) is 0 Å². The Morgan fingerprint density at radius 1 is 1.25 bits per heavy atom. The van der Waals surface area contributed by atoms with Crippen LogP contribution in [0.25, 0.3) is 0 Å². The Balaban J connectivity index is 2.35. The molecule has 0 aromatic rings. The molecule has 12 heavy (non-hydrogen) atoms. The van der Waals surface area contributed by atoms with Crippen LogP contribution in [-0.4, -0.2) is 8.80 Å². The number of rotatable bonds is 2. The third kappa shape index (κ3) is 2.78. The van der Waals surface area contributed by atoms with Crippen LogP contribution in [-0.2, 0) is 0 Å². The fourth-order valence-corrected chi connectivity index (χ4v) is 5.61. The lowest BCUT2D eigenvalue weighted by Crippen LogP contribution is -2.15. The maximum atomic E-state index is 4.22. The summed E-state index contributed by atoms with van der Waals surface area (Å²) in [5.41, 5.74) is 1.86. The molecule has 0 bridgehead atoms. The molecule has 0 spiro atoms. The van der Waals surface area contributed by atoms with Crippen LogP contribution in [0.1, 0.15) is 33.6 Å². The van der Waals surface area contributed by atoms with Gasteiger partial charge in [-0.05, 0) is 11.5 Å². The lowest BCUT2D eigenvalue weighted by molar-refractivity contribution is 0.505. The Morgan fingerprint density at radius 2 is 1.75 bits per heavy atom. The van der Waals surface area contributed by atoms with Crippen molar-refractivity contribution in [1.29, 1.82) is 0 Å². The van der Waals surface area contributed by atoms with E-state index in [4.69, 9.17) is 0 Å². The minimum Gasteiger partial charge on any atom is -0.0996 e. The van der Waals surface area contributed by atoms with Gasteiger partial charge in [0.2, 0.25) is 0 Å². The third-order valence-corrected chi connectivity index (χ3v) is 6.59. The van der Waals surface area contributed by atoms with Gasteiger partial charge in [-0.3, -0.25) is 0 Å². The van der Waals surface area contributed by atoms with Crippen molar-refractivity contribution in [1.82, 2.24) is 0 Å². The zero-order valence-electron chi connectivity index (χ0n) is 8.82. The van der Waals surface area contributed by atoms with E-state index in [1.807, 2.05) is 0 Å². The zero-order chi connectivity index (χ0) is 9.19. The topological polar surface area (TPSA) is 0 Å². The summed E-state index contributed by atoms with van der Waals surface area (Å²) in [6.45, 7) is 11.1. The summed E-state index contributed by atoms with van der Waals surface area (Å²) in [5, 5.41) is 0. The molecule has 0 amide bonds. The van der Waals surface area contributed by atoms with E-state index in [0.29, 0.717) is 5.41 Å². The van der Waals surface area contributed by atoms with Crippen molar-refractivity contribution in [3.05, 3.63) is 12.2 Å². The van der Waals surface area contributed by atoms with Gasteiger partial charge in [-0.25, -0.2) is 0 Å². The van der Waals surface area contributed by atoms with Crippen LogP contribution in [0.2, 0.25) is 18.1 Å². The van der Waals surface area contributed by atoms with E-state index in [1.165, 1.54) is 24.5 Å². The largest absolute Gasteiger partial charge is 0.0996 e. The van der Waals surface area contributed by atoms with Crippen LogP contribution in [0.5, 0.6) is 0 Å². The van der Waals surface area contributed by atoms with Crippen molar-refractivity contribution in [2.75, 3.05) is 0 Å². The van der Waals surface area contributed by atoms with Gasteiger partial charge in [0.1, 0.15) is 0 Å². The number of hydrogen-bond donors (Lipinski definition) is 0. The molecule has 0 aromatic heterocycles. The molecule has 1 heteroatoms. The number of hydrogen-bond acceptors (Lipinski definition) is 0. The van der Waals surface area contributed by atoms with E-state index in [1.54, 1.807) is 12.1 Å². The van der Waals surface area contributed by atoms with Crippen molar-refractivity contribution < 1.29 is 0 Å². The number of allylic oxidation sites excluding steroid dienone is 1. The molecule has 0 radical (unpaired) electrons. The standard InChI is InChI=1S/C11H22Si/c1-10(11(2,3)4)9-12-7-5-6-8-12/h12H,1,5-9H2,2-4H3. The van der Waals surface area contributed by atoms with Gasteiger partial charge >= 0.3 is 0 Å². The molecule has 0 aliphatic carbocycles. The Hall–Kier alpha value is -0.0431. The van der Waals surface area contributed by atoms with Crippen molar-refractivity contribution in [3.63, 3.8) is 0 Å². The van der Waals surface area contributed by atoms with Gasteiger partial charge in [0, 0.05) is 8.80 Å². The van der Waals surface area contributed by atoms with Gasteiger partial charge in [0.25, 0.3) is 0 Å². The summed E-state index contributed by atoms with van der Waals surface area (Å²) in [4.78, 5) is 0. The molecular formula is C11H22Si. The average Bonchev–Trinajstić information content (AvgIpc) is 2.37. The minimum atomic E-state index is -0.338. The van der Waals surface area contributed by atoms with Gasteiger partial charge in [0.05, 0.1) is 0 Å². The maximum Gasteiger partial charge on any atom is 0.0409 e. The molecule has 1 fully saturated rings. The molecule has 1 aliphatic rings. The normalized spacial score (nSPS) is 19.9. The molecule has 1 rings (SSSR count). The quantitative estimate of drug-likeness (QED) is 0.452. The zero-order valence-corrected chi connectivity index (χ0v) is 9.97. The van der Waals surface area contributed by atoms with E-state index in [9.17, 15) is 0 Å². The first-order chi connectivity index (χ1) is 5.50. The Bertz CT molecular complexity index is 158. The molecule has 0 saturated carbocycles. The predicted molar refractivity (Wildman–Crippen MR) is 59.4 cm³/mol. The summed E-state index contributed by atoms with van der Waals surface area (Å²) in [6, 6.07) is 4.56. The highest BCUT2D eigenvalue weighted by molar-refractivity contribution is 6.60. The smallest absolute Gasteiger partial charge is 0.0409 e. The fraction of sp³-hybridized carbons (Fsp3) is 0.818. The first-order valence-electron chi connectivity index (χ1n) is 5.18. The Morgan fingerprint density at radius 3 is 2.17 bits per heavy atom. The molecule has 1 heterocycles. The van der Waals surface area contributed by atoms with Crippen molar-refractivity contribution >= 4 is 8.80 Å². The molecule has 0 N–H and O–H groups in total. The van der Waals surface area contributed by atoms with E-state index in [2.05, 4.69) is 27.4 Å². The maximum absolute atomic E-state index is 4.22. The summed E-state index contributed by atoms with van der Waals surface area (Å²) in [5.74, 6) is 0. The Labute approximate surface area is 78.7 Å². The predicted octanol–water partition coefficient (Wildman–Crippen LogP) is 3.61. The molecule has 0 nitrogen and oxygen atoms in total. The molecule has 70 valence electrons. The van der Waals surface area contributed by atoms with Crippen LogP contribution in [0.4, 0.5) is 0 Å². The molecular weight excluding hydrogens is 160 g/mol. The SMILES string of the molecule is C=C(C[SiH]1CCCC1)C(C)(C)C. The first-order valence-corrected chi connectivity index (χ1v) is 7.63. The second-order valence-electron chi connectivity index (χ2n) is 5.21. The van der Waals surface area contributed by atoms with E-state index in [-0.39, 0.29) is 8.80 Å². The lowest BCUT2D eigenvalue weighted by Gasteiger charge is -2.23. The minimum absolute atomic E-state index is 0.338. The summed E-state index contributed by atoms with van der Waals surface area (Å²) < 4.78 is 0. The van der Waals surface area contributed by atoms with Crippen molar-refractivity contribution in [3.8, 4) is 0 Å². The van der Waals surface area contributed by atoms with Crippen LogP contribution in [0, 0.1) is 5.41 Å². The Kier molecular flexibility index (Phi) is 3.16. The second kappa shape index (κ2) is 3.78. The van der Waals surface area contributed by atoms with Crippen LogP contribution in [0.3, 0.4) is 0 Å². The van der Waals surface area contributed by atoms with Gasteiger partial charge in [0.15, 0.2) is 0 Å². The summed E-state index contributed by atoms with van der Waals surface area (Å²) in [7, 11) is -0.338. The summed E-state index contributed by atoms with van der Waals surface area (Å²) >= 11 is 0. The lowest BCUT2D eigenvalue weighted by atomic mass is 9.89. The summed E-state index contributed by atoms with van der Waals surface area (Å²) in [6.07, 6.45) is 3.02. The van der Waals surface area contributed by atoms with Crippen LogP contribution >= 0.6 is 0 Å². The molecule has 1 aliphatic heterocycles. The average molecular weight is 182 g/mol. The third-order valence-electron chi connectivity index (χ3n) is 3.07. The van der Waals surface area contributed by atoms with Gasteiger partial charge in [-0.15, -0.1) is 0 Å². The van der Waals surface area contributed by atoms with Crippen molar-refractivity contribution in [2.45, 2.75) is 51.7 Å². The highest BCUT2D eigenvalue weighted by Crippen LogP contribution is 2.32. The highest BCUT2D eigenvalue weighted by atomic mass is 28.3. The van der Waals surface area contributed by atoms with Crippen LogP contribution in [0.15, 0.2) is 12.2 Å². The molecule has 0 atom stereocenters. The second-order valence-corrected chi connectivity index (χ2v) is 8.50. The fourth-order valence-electron chi connectivity index (χ4n) is 1.87. The molecule has 1 saturated heterocycles. The first kappa shape index (κ1) is 10.0. The van der Waals surface area contributed by atoms with Gasteiger partial charge < -0.3 is 0 Å². The van der Waals surface area contributed by atoms with Crippen molar-refractivity contribution in [2.24, 2.45) is 5.41 Å². The van der Waals surface area contributed by atoms with Gasteiger partial charge in [-0.1, -0.05) is 57.9 Å². The highest BCUT2D eigenvalue weighted by Gasteiger charge is 2.22. The van der Waals surface area contributed by atoms with E-state index >= 15 is 0 Å².